The van der Waals surface area contributed by atoms with E-state index in [4.69, 9.17) is 11.6 Å². The molecule has 1 N–H and O–H groups in total. The molecule has 0 aliphatic heterocycles. The number of nitrogens with zero attached hydrogens (tertiary/aromatic N) is 1. The van der Waals surface area contributed by atoms with Gasteiger partial charge < -0.3 is 10.2 Å². The van der Waals surface area contributed by atoms with Gasteiger partial charge in [-0.3, -0.25) is 0 Å². The summed E-state index contributed by atoms with van der Waals surface area (Å²) in [6, 6.07) is 7.35. The Labute approximate surface area is 129 Å². The van der Waals surface area contributed by atoms with Crippen LogP contribution in [0.5, 0.6) is 0 Å². The van der Waals surface area contributed by atoms with Crippen molar-refractivity contribution in [2.45, 2.75) is 59.7 Å². The Balaban J connectivity index is 2.76. The van der Waals surface area contributed by atoms with E-state index < -0.39 is 0 Å². The molecule has 3 heteroatoms. The highest BCUT2D eigenvalue weighted by Gasteiger charge is 2.14. The minimum absolute atomic E-state index is 0.488. The first kappa shape index (κ1) is 17.3. The van der Waals surface area contributed by atoms with Crippen molar-refractivity contribution in [3.8, 4) is 0 Å². The van der Waals surface area contributed by atoms with E-state index in [1.54, 1.807) is 0 Å². The van der Waals surface area contributed by atoms with Crippen molar-refractivity contribution in [2.24, 2.45) is 5.92 Å². The molecule has 0 spiro atoms. The van der Waals surface area contributed by atoms with Crippen LogP contribution in [0, 0.1) is 5.92 Å². The van der Waals surface area contributed by atoms with Gasteiger partial charge in [-0.1, -0.05) is 45.4 Å². The molecule has 0 aliphatic carbocycles. The van der Waals surface area contributed by atoms with Crippen LogP contribution in [0.3, 0.4) is 0 Å². The molecule has 0 bridgehead atoms. The Bertz CT molecular complexity index is 415. The second-order valence-corrected chi connectivity index (χ2v) is 6.82. The number of anilines is 1. The number of nitrogens with one attached hydrogen (secondary N) is 1. The minimum atomic E-state index is 0.488. The van der Waals surface area contributed by atoms with Crippen molar-refractivity contribution in [2.75, 3.05) is 11.9 Å². The Morgan fingerprint density at radius 1 is 1.15 bits per heavy atom. The van der Waals surface area contributed by atoms with E-state index in [1.165, 1.54) is 12.0 Å². The standard InChI is InChI=1S/C17H29ClN2/c1-12(2)9-14(5)20(6)17-8-7-15(10-16(17)18)11-19-13(3)4/h7-8,10,12-14,19H,9,11H2,1-6H3. The molecule has 0 saturated heterocycles. The van der Waals surface area contributed by atoms with Crippen LogP contribution in [0.1, 0.15) is 46.6 Å². The molecule has 0 radical (unpaired) electrons. The Hall–Kier alpha value is -0.730. The third kappa shape index (κ3) is 5.34. The molecule has 1 aromatic carbocycles. The molecule has 1 unspecified atom stereocenters. The van der Waals surface area contributed by atoms with E-state index in [2.05, 4.69) is 70.1 Å². The van der Waals surface area contributed by atoms with E-state index in [9.17, 15) is 0 Å². The Morgan fingerprint density at radius 2 is 1.80 bits per heavy atom. The molecular weight excluding hydrogens is 268 g/mol. The van der Waals surface area contributed by atoms with Gasteiger partial charge in [0.15, 0.2) is 0 Å². The lowest BCUT2D eigenvalue weighted by Crippen LogP contribution is -2.30. The average Bonchev–Trinajstić information content (AvgIpc) is 2.34. The lowest BCUT2D eigenvalue weighted by atomic mass is 10.0. The quantitative estimate of drug-likeness (QED) is 0.784. The summed E-state index contributed by atoms with van der Waals surface area (Å²) in [6.07, 6.45) is 1.17. The fourth-order valence-corrected chi connectivity index (χ4v) is 2.68. The first-order valence-electron chi connectivity index (χ1n) is 7.56. The Morgan fingerprint density at radius 3 is 2.30 bits per heavy atom. The number of hydrogen-bond acceptors (Lipinski definition) is 2. The van der Waals surface area contributed by atoms with E-state index >= 15 is 0 Å². The lowest BCUT2D eigenvalue weighted by Gasteiger charge is -2.29. The van der Waals surface area contributed by atoms with Crippen LogP contribution >= 0.6 is 11.6 Å². The predicted octanol–water partition coefficient (Wildman–Crippen LogP) is 4.71. The molecule has 0 aromatic heterocycles. The second-order valence-electron chi connectivity index (χ2n) is 6.41. The highest BCUT2D eigenvalue weighted by molar-refractivity contribution is 6.33. The molecule has 0 heterocycles. The van der Waals surface area contributed by atoms with Gasteiger partial charge in [-0.15, -0.1) is 0 Å². The van der Waals surface area contributed by atoms with Crippen LogP contribution in [0.4, 0.5) is 5.69 Å². The van der Waals surface area contributed by atoms with Gasteiger partial charge in [0.1, 0.15) is 0 Å². The summed E-state index contributed by atoms with van der Waals surface area (Å²) in [5, 5.41) is 4.25. The summed E-state index contributed by atoms with van der Waals surface area (Å²) in [5.41, 5.74) is 2.35. The SMILES string of the molecule is CC(C)CC(C)N(C)c1ccc(CNC(C)C)cc1Cl. The van der Waals surface area contributed by atoms with E-state index in [0.29, 0.717) is 18.0 Å². The third-order valence-corrected chi connectivity index (χ3v) is 3.88. The van der Waals surface area contributed by atoms with E-state index in [1.807, 2.05) is 0 Å². The maximum atomic E-state index is 6.45. The highest BCUT2D eigenvalue weighted by Crippen LogP contribution is 2.28. The largest absolute Gasteiger partial charge is 0.371 e. The van der Waals surface area contributed by atoms with Gasteiger partial charge in [-0.05, 0) is 37.0 Å². The van der Waals surface area contributed by atoms with Gasteiger partial charge in [0.2, 0.25) is 0 Å². The van der Waals surface area contributed by atoms with Crippen LogP contribution in [0.15, 0.2) is 18.2 Å². The van der Waals surface area contributed by atoms with Crippen LogP contribution in [-0.2, 0) is 6.54 Å². The van der Waals surface area contributed by atoms with Crippen LogP contribution in [0.2, 0.25) is 5.02 Å². The number of benzene rings is 1. The maximum Gasteiger partial charge on any atom is 0.0642 e. The van der Waals surface area contributed by atoms with Crippen LogP contribution < -0.4 is 10.2 Å². The molecule has 1 aromatic rings. The fraction of sp³-hybridized carbons (Fsp3) is 0.647. The molecule has 114 valence electrons. The fourth-order valence-electron chi connectivity index (χ4n) is 2.35. The van der Waals surface area contributed by atoms with Gasteiger partial charge in [0, 0.05) is 25.7 Å². The van der Waals surface area contributed by atoms with E-state index in [0.717, 1.165) is 17.3 Å². The maximum absolute atomic E-state index is 6.45. The summed E-state index contributed by atoms with van der Waals surface area (Å²) >= 11 is 6.45. The van der Waals surface area contributed by atoms with Crippen molar-refractivity contribution in [3.63, 3.8) is 0 Å². The van der Waals surface area contributed by atoms with Gasteiger partial charge in [-0.2, -0.15) is 0 Å². The average molecular weight is 297 g/mol. The van der Waals surface area contributed by atoms with Gasteiger partial charge in [-0.25, -0.2) is 0 Å². The first-order valence-corrected chi connectivity index (χ1v) is 7.93. The zero-order valence-electron chi connectivity index (χ0n) is 13.7. The smallest absolute Gasteiger partial charge is 0.0642 e. The summed E-state index contributed by atoms with van der Waals surface area (Å²) in [5.74, 6) is 0.695. The minimum Gasteiger partial charge on any atom is -0.371 e. The number of rotatable bonds is 7. The molecule has 0 amide bonds. The van der Waals surface area contributed by atoms with E-state index in [-0.39, 0.29) is 0 Å². The van der Waals surface area contributed by atoms with Gasteiger partial charge >= 0.3 is 0 Å². The summed E-state index contributed by atoms with van der Waals surface area (Å²) in [7, 11) is 2.13. The number of halogens is 1. The molecule has 1 atom stereocenters. The Kier molecular flexibility index (Phi) is 6.84. The van der Waals surface area contributed by atoms with Gasteiger partial charge in [0.25, 0.3) is 0 Å². The summed E-state index contributed by atoms with van der Waals surface area (Å²) in [6.45, 7) is 11.9. The predicted molar refractivity (Wildman–Crippen MR) is 90.7 cm³/mol. The summed E-state index contributed by atoms with van der Waals surface area (Å²) in [4.78, 5) is 2.28. The lowest BCUT2D eigenvalue weighted by molar-refractivity contribution is 0.504. The highest BCUT2D eigenvalue weighted by atomic mass is 35.5. The molecule has 0 fully saturated rings. The zero-order valence-corrected chi connectivity index (χ0v) is 14.5. The molecular formula is C17H29ClN2. The third-order valence-electron chi connectivity index (χ3n) is 3.58. The molecule has 20 heavy (non-hydrogen) atoms. The number of hydrogen-bond donors (Lipinski definition) is 1. The topological polar surface area (TPSA) is 15.3 Å². The van der Waals surface area contributed by atoms with Crippen molar-refractivity contribution in [1.29, 1.82) is 0 Å². The van der Waals surface area contributed by atoms with Gasteiger partial charge in [0.05, 0.1) is 10.7 Å². The second kappa shape index (κ2) is 7.90. The van der Waals surface area contributed by atoms with Crippen LogP contribution in [0.25, 0.3) is 0 Å². The van der Waals surface area contributed by atoms with Crippen molar-refractivity contribution >= 4 is 17.3 Å². The molecule has 2 nitrogen and oxygen atoms in total. The normalized spacial score (nSPS) is 13.1. The van der Waals surface area contributed by atoms with Crippen molar-refractivity contribution in [1.82, 2.24) is 5.32 Å². The first-order chi connectivity index (χ1) is 9.31. The van der Waals surface area contributed by atoms with Crippen molar-refractivity contribution in [3.05, 3.63) is 28.8 Å². The summed E-state index contributed by atoms with van der Waals surface area (Å²) < 4.78 is 0. The van der Waals surface area contributed by atoms with Crippen LogP contribution in [-0.4, -0.2) is 19.1 Å². The molecule has 1 rings (SSSR count). The zero-order chi connectivity index (χ0) is 15.3. The monoisotopic (exact) mass is 296 g/mol. The molecule has 0 aliphatic rings. The molecule has 0 saturated carbocycles. The van der Waals surface area contributed by atoms with Crippen molar-refractivity contribution < 1.29 is 0 Å².